The van der Waals surface area contributed by atoms with E-state index in [4.69, 9.17) is 0 Å². The zero-order chi connectivity index (χ0) is 12.8. The zero-order valence-corrected chi connectivity index (χ0v) is 12.3. The van der Waals surface area contributed by atoms with Crippen LogP contribution < -0.4 is 0 Å². The lowest BCUT2D eigenvalue weighted by molar-refractivity contribution is 0.611. The van der Waals surface area contributed by atoms with Gasteiger partial charge in [0.15, 0.2) is 0 Å². The Morgan fingerprint density at radius 1 is 0.824 bits per heavy atom. The van der Waals surface area contributed by atoms with Crippen molar-refractivity contribution in [3.63, 3.8) is 0 Å². The molecule has 0 heterocycles. The van der Waals surface area contributed by atoms with E-state index in [2.05, 4.69) is 45.1 Å². The van der Waals surface area contributed by atoms with Crippen LogP contribution in [0.3, 0.4) is 0 Å². The third-order valence-corrected chi connectivity index (χ3v) is 3.27. The van der Waals surface area contributed by atoms with Gasteiger partial charge in [-0.25, -0.2) is 0 Å². The van der Waals surface area contributed by atoms with E-state index >= 15 is 0 Å². The largest absolute Gasteiger partial charge is 0.0882 e. The second-order valence-electron chi connectivity index (χ2n) is 5.08. The number of unbranched alkanes of at least 4 members (excludes halogenated alkanes) is 6. The molecule has 0 amide bonds. The lowest BCUT2D eigenvalue weighted by atomic mass is 10.1. The summed E-state index contributed by atoms with van der Waals surface area (Å²) in [5, 5.41) is 0. The van der Waals surface area contributed by atoms with Gasteiger partial charge in [0.2, 0.25) is 0 Å². The van der Waals surface area contributed by atoms with Crippen molar-refractivity contribution in [2.24, 2.45) is 5.92 Å². The first-order valence-electron chi connectivity index (χ1n) is 7.62. The highest BCUT2D eigenvalue weighted by Crippen LogP contribution is 2.07. The Hall–Kier alpha value is -0.520. The van der Waals surface area contributed by atoms with Crippen LogP contribution in [0, 0.1) is 5.92 Å². The minimum Gasteiger partial charge on any atom is -0.0882 e. The van der Waals surface area contributed by atoms with Gasteiger partial charge >= 0.3 is 0 Å². The highest BCUT2D eigenvalue weighted by Gasteiger charge is 1.89. The molecule has 0 rings (SSSR count). The maximum atomic E-state index is 2.35. The van der Waals surface area contributed by atoms with Crippen molar-refractivity contribution >= 4 is 0 Å². The summed E-state index contributed by atoms with van der Waals surface area (Å²) in [5.74, 6) is 0.738. The fraction of sp³-hybridized carbons (Fsp3) is 0.765. The van der Waals surface area contributed by atoms with Gasteiger partial charge < -0.3 is 0 Å². The summed E-state index contributed by atoms with van der Waals surface area (Å²) in [4.78, 5) is 0. The predicted octanol–water partition coefficient (Wildman–Crippen LogP) is 6.29. The molecule has 17 heavy (non-hydrogen) atoms. The Balaban J connectivity index is 3.22. The first-order valence-corrected chi connectivity index (χ1v) is 7.62. The molecule has 0 bridgehead atoms. The van der Waals surface area contributed by atoms with Crippen LogP contribution >= 0.6 is 0 Å². The summed E-state index contributed by atoms with van der Waals surface area (Å²) in [5.41, 5.74) is 0. The number of allylic oxidation sites excluding steroid dienone is 4. The highest BCUT2D eigenvalue weighted by molar-refractivity contribution is 4.94. The molecule has 1 unspecified atom stereocenters. The minimum absolute atomic E-state index is 0.738. The lowest BCUT2D eigenvalue weighted by Crippen LogP contribution is -1.83. The number of hydrogen-bond acceptors (Lipinski definition) is 0. The highest BCUT2D eigenvalue weighted by atomic mass is 14.0. The van der Waals surface area contributed by atoms with E-state index in [0.29, 0.717) is 0 Å². The maximum Gasteiger partial charge on any atom is -0.0169 e. The van der Waals surface area contributed by atoms with Gasteiger partial charge in [0.05, 0.1) is 0 Å². The van der Waals surface area contributed by atoms with E-state index in [1.807, 2.05) is 0 Å². The molecule has 0 aromatic carbocycles. The van der Waals surface area contributed by atoms with E-state index in [-0.39, 0.29) is 0 Å². The smallest absolute Gasteiger partial charge is 0.0169 e. The summed E-state index contributed by atoms with van der Waals surface area (Å²) < 4.78 is 0. The van der Waals surface area contributed by atoms with E-state index in [1.54, 1.807) is 0 Å². The number of rotatable bonds is 11. The first-order chi connectivity index (χ1) is 8.31. The van der Waals surface area contributed by atoms with E-state index in [9.17, 15) is 0 Å². The predicted molar refractivity (Wildman–Crippen MR) is 80.3 cm³/mol. The van der Waals surface area contributed by atoms with Crippen molar-refractivity contribution in [3.8, 4) is 0 Å². The van der Waals surface area contributed by atoms with Crippen molar-refractivity contribution in [2.75, 3.05) is 0 Å². The van der Waals surface area contributed by atoms with Crippen LogP contribution in [-0.4, -0.2) is 0 Å². The van der Waals surface area contributed by atoms with Gasteiger partial charge in [0.25, 0.3) is 0 Å². The van der Waals surface area contributed by atoms with E-state index in [1.165, 1.54) is 51.4 Å². The van der Waals surface area contributed by atoms with Crippen molar-refractivity contribution < 1.29 is 0 Å². The molecule has 0 aromatic rings. The van der Waals surface area contributed by atoms with Crippen LogP contribution in [0.5, 0.6) is 0 Å². The molecule has 0 aliphatic heterocycles. The first kappa shape index (κ1) is 16.5. The van der Waals surface area contributed by atoms with Gasteiger partial charge in [-0.1, -0.05) is 83.6 Å². The molecule has 0 saturated carbocycles. The minimum atomic E-state index is 0.738. The third-order valence-electron chi connectivity index (χ3n) is 3.27. The molecule has 100 valence electrons. The summed E-state index contributed by atoms with van der Waals surface area (Å²) in [6.07, 6.45) is 21.3. The van der Waals surface area contributed by atoms with Gasteiger partial charge in [-0.05, 0) is 25.2 Å². The Bertz CT molecular complexity index is 188. The molecule has 0 radical (unpaired) electrons. The van der Waals surface area contributed by atoms with Crippen LogP contribution in [0.1, 0.15) is 78.6 Å². The van der Waals surface area contributed by atoms with E-state index < -0.39 is 0 Å². The normalized spacial score (nSPS) is 13.8. The van der Waals surface area contributed by atoms with Crippen LogP contribution in [0.25, 0.3) is 0 Å². The van der Waals surface area contributed by atoms with Crippen molar-refractivity contribution in [3.05, 3.63) is 24.3 Å². The third kappa shape index (κ3) is 13.4. The molecule has 0 N–H and O–H groups in total. The summed E-state index contributed by atoms with van der Waals surface area (Å²) in [6, 6.07) is 0. The van der Waals surface area contributed by atoms with Gasteiger partial charge in [-0.15, -0.1) is 0 Å². The molecule has 0 aromatic heterocycles. The van der Waals surface area contributed by atoms with Gasteiger partial charge in [0.1, 0.15) is 0 Å². The Kier molecular flexibility index (Phi) is 13.1. The standard InChI is InChI=1S/C17H32/c1-4-6-7-8-9-10-11-12-13-14-15-16-17(3)5-2/h12-13,15-17H,4-11,14H2,1-3H3. The summed E-state index contributed by atoms with van der Waals surface area (Å²) in [6.45, 7) is 6.79. The fourth-order valence-corrected chi connectivity index (χ4v) is 1.78. The molecule has 0 nitrogen and oxygen atoms in total. The summed E-state index contributed by atoms with van der Waals surface area (Å²) in [7, 11) is 0. The lowest BCUT2D eigenvalue weighted by Gasteiger charge is -1.98. The quantitative estimate of drug-likeness (QED) is 0.292. The van der Waals surface area contributed by atoms with Gasteiger partial charge in [-0.3, -0.25) is 0 Å². The molecule has 0 aliphatic carbocycles. The topological polar surface area (TPSA) is 0 Å². The molecule has 1 atom stereocenters. The maximum absolute atomic E-state index is 2.35. The van der Waals surface area contributed by atoms with Crippen LogP contribution in [0.15, 0.2) is 24.3 Å². The van der Waals surface area contributed by atoms with Gasteiger partial charge in [-0.2, -0.15) is 0 Å². The molecule has 0 aliphatic rings. The number of hydrogen-bond donors (Lipinski definition) is 0. The second-order valence-corrected chi connectivity index (χ2v) is 5.08. The van der Waals surface area contributed by atoms with Crippen LogP contribution in [0.2, 0.25) is 0 Å². The van der Waals surface area contributed by atoms with E-state index in [0.717, 1.165) is 12.3 Å². The molecular weight excluding hydrogens is 204 g/mol. The Morgan fingerprint density at radius 2 is 1.53 bits per heavy atom. The van der Waals surface area contributed by atoms with Crippen molar-refractivity contribution in [1.29, 1.82) is 0 Å². The average molecular weight is 236 g/mol. The zero-order valence-electron chi connectivity index (χ0n) is 12.3. The molecule has 0 heteroatoms. The average Bonchev–Trinajstić information content (AvgIpc) is 2.35. The van der Waals surface area contributed by atoms with Crippen molar-refractivity contribution in [1.82, 2.24) is 0 Å². The van der Waals surface area contributed by atoms with Crippen molar-refractivity contribution in [2.45, 2.75) is 78.6 Å². The van der Waals surface area contributed by atoms with Crippen LogP contribution in [0.4, 0.5) is 0 Å². The Morgan fingerprint density at radius 3 is 2.24 bits per heavy atom. The second kappa shape index (κ2) is 13.5. The van der Waals surface area contributed by atoms with Crippen LogP contribution in [-0.2, 0) is 0 Å². The monoisotopic (exact) mass is 236 g/mol. The fourth-order valence-electron chi connectivity index (χ4n) is 1.78. The molecular formula is C17H32. The molecule has 0 saturated heterocycles. The Labute approximate surface area is 109 Å². The summed E-state index contributed by atoms with van der Waals surface area (Å²) >= 11 is 0. The molecule has 0 spiro atoms. The SMILES string of the molecule is CCCCCCCCC=CCC=CC(C)CC. The molecule has 0 fully saturated rings. The van der Waals surface area contributed by atoms with Gasteiger partial charge in [0, 0.05) is 0 Å².